The van der Waals surface area contributed by atoms with Crippen molar-refractivity contribution < 1.29 is 33.2 Å². The maximum atomic E-state index is 12.9. The minimum atomic E-state index is -0.570. The molecule has 0 spiro atoms. The molecule has 10 nitrogen and oxygen atoms in total. The fourth-order valence-corrected chi connectivity index (χ4v) is 5.02. The van der Waals surface area contributed by atoms with Crippen molar-refractivity contribution in [1.29, 1.82) is 0 Å². The largest absolute Gasteiger partial charge is 0.493 e. The van der Waals surface area contributed by atoms with E-state index in [-0.39, 0.29) is 25.3 Å². The highest BCUT2D eigenvalue weighted by Gasteiger charge is 2.52. The first kappa shape index (κ1) is 20.1. The van der Waals surface area contributed by atoms with E-state index in [1.165, 1.54) is 21.3 Å². The number of azide groups is 1. The van der Waals surface area contributed by atoms with Crippen LogP contribution >= 0.6 is 0 Å². The van der Waals surface area contributed by atoms with E-state index < -0.39 is 17.9 Å². The summed E-state index contributed by atoms with van der Waals surface area (Å²) in [7, 11) is 4.61. The van der Waals surface area contributed by atoms with Gasteiger partial charge in [0.1, 0.15) is 0 Å². The topological polar surface area (TPSA) is 121 Å². The van der Waals surface area contributed by atoms with Crippen LogP contribution in [0.2, 0.25) is 0 Å². The molecule has 3 aliphatic rings. The van der Waals surface area contributed by atoms with Crippen molar-refractivity contribution in [1.82, 2.24) is 0 Å². The van der Waals surface area contributed by atoms with Gasteiger partial charge >= 0.3 is 5.97 Å². The van der Waals surface area contributed by atoms with Gasteiger partial charge in [-0.2, -0.15) is 0 Å². The summed E-state index contributed by atoms with van der Waals surface area (Å²) in [5.41, 5.74) is 11.6. The van der Waals surface area contributed by atoms with E-state index in [9.17, 15) is 10.3 Å². The van der Waals surface area contributed by atoms with Crippen LogP contribution in [0, 0.1) is 11.8 Å². The number of cyclic esters (lactones) is 1. The van der Waals surface area contributed by atoms with Gasteiger partial charge in [0.25, 0.3) is 0 Å². The van der Waals surface area contributed by atoms with Crippen LogP contribution in [0.3, 0.4) is 0 Å². The number of hydrogen-bond acceptors (Lipinski definition) is 8. The summed E-state index contributed by atoms with van der Waals surface area (Å²) in [5.74, 6) is 0.941. The highest BCUT2D eigenvalue weighted by molar-refractivity contribution is 5.79. The first-order valence-corrected chi connectivity index (χ1v) is 10.1. The third-order valence-electron chi connectivity index (χ3n) is 6.37. The summed E-state index contributed by atoms with van der Waals surface area (Å²) in [6.07, 6.45) is 0. The number of rotatable bonds is 5. The smallest absolute Gasteiger partial charge is 0.310 e. The molecule has 0 amide bonds. The number of carbonyl (C=O) groups is 1. The van der Waals surface area contributed by atoms with Crippen molar-refractivity contribution >= 4 is 5.97 Å². The van der Waals surface area contributed by atoms with E-state index in [2.05, 4.69) is 10.0 Å². The first-order chi connectivity index (χ1) is 15.6. The quantitative estimate of drug-likeness (QED) is 0.301. The number of methoxy groups -OCH3 is 3. The molecule has 5 rings (SSSR count). The van der Waals surface area contributed by atoms with Crippen molar-refractivity contribution in [2.45, 2.75) is 12.0 Å². The van der Waals surface area contributed by atoms with E-state index in [1.54, 1.807) is 0 Å². The molecule has 1 saturated heterocycles. The molecule has 0 aromatic heterocycles. The Morgan fingerprint density at radius 3 is 2.22 bits per heavy atom. The van der Waals surface area contributed by atoms with Crippen molar-refractivity contribution in [3.8, 4) is 28.7 Å². The SMILES string of the molecule is COc1cc([C@@H]2c3cc4c(cc3[C@@H](N=[N+]=[N-])[C@H]3COC(=O)[C@H]23)OCO4)cc(OC)c1OC. The number of fused-ring (bicyclic) bond motifs is 3. The van der Waals surface area contributed by atoms with Crippen molar-refractivity contribution in [2.75, 3.05) is 34.7 Å². The van der Waals surface area contributed by atoms with Gasteiger partial charge in [-0.3, -0.25) is 4.79 Å². The first-order valence-electron chi connectivity index (χ1n) is 10.1. The Hall–Kier alpha value is -3.78. The predicted molar refractivity (Wildman–Crippen MR) is 110 cm³/mol. The number of carbonyl (C=O) groups excluding carboxylic acids is 1. The Bertz CT molecular complexity index is 1120. The van der Waals surface area contributed by atoms with Crippen molar-refractivity contribution in [2.24, 2.45) is 17.0 Å². The lowest BCUT2D eigenvalue weighted by molar-refractivity contribution is -0.141. The normalized spacial score (nSPS) is 24.7. The molecule has 2 aromatic rings. The van der Waals surface area contributed by atoms with Gasteiger partial charge in [0.15, 0.2) is 23.0 Å². The molecule has 4 atom stereocenters. The van der Waals surface area contributed by atoms with Crippen LogP contribution in [-0.2, 0) is 9.53 Å². The highest BCUT2D eigenvalue weighted by atomic mass is 16.7. The third-order valence-corrected chi connectivity index (χ3v) is 6.37. The van der Waals surface area contributed by atoms with Gasteiger partial charge < -0.3 is 28.4 Å². The zero-order chi connectivity index (χ0) is 22.4. The van der Waals surface area contributed by atoms with E-state index >= 15 is 0 Å². The van der Waals surface area contributed by atoms with Crippen LogP contribution in [0.5, 0.6) is 28.7 Å². The van der Waals surface area contributed by atoms with Gasteiger partial charge in [-0.25, -0.2) is 0 Å². The second-order valence-corrected chi connectivity index (χ2v) is 7.74. The lowest BCUT2D eigenvalue weighted by atomic mass is 9.65. The molecule has 0 saturated carbocycles. The summed E-state index contributed by atoms with van der Waals surface area (Å²) in [6, 6.07) is 6.78. The molecule has 0 bridgehead atoms. The fourth-order valence-electron chi connectivity index (χ4n) is 5.02. The zero-order valence-corrected chi connectivity index (χ0v) is 17.7. The summed E-state index contributed by atoms with van der Waals surface area (Å²) in [4.78, 5) is 16.0. The number of hydrogen-bond donors (Lipinski definition) is 0. The van der Waals surface area contributed by atoms with Gasteiger partial charge in [0.2, 0.25) is 12.5 Å². The molecule has 10 heteroatoms. The predicted octanol–water partition coefficient (Wildman–Crippen LogP) is 3.73. The van der Waals surface area contributed by atoms with Crippen LogP contribution in [0.1, 0.15) is 28.7 Å². The van der Waals surface area contributed by atoms with Gasteiger partial charge in [-0.1, -0.05) is 5.11 Å². The number of nitrogens with zero attached hydrogens (tertiary/aromatic N) is 3. The molecule has 2 aromatic carbocycles. The Labute approximate surface area is 183 Å². The fraction of sp³-hybridized carbons (Fsp3) is 0.409. The number of benzene rings is 2. The second kappa shape index (κ2) is 7.72. The summed E-state index contributed by atoms with van der Waals surface area (Å²) < 4.78 is 33.1. The second-order valence-electron chi connectivity index (χ2n) is 7.74. The standard InChI is InChI=1S/C22H21N3O7/c1-27-16-4-10(5-17(28-2)21(16)29-3)18-11-6-14-15(32-9-31-14)7-12(11)20(24-25-23)13-8-30-22(26)19(13)18/h4-7,13,18-20H,8-9H2,1-3H3/t13-,18+,19-,20+/m0/s1. The summed E-state index contributed by atoms with van der Waals surface area (Å²) in [5, 5.41) is 4.03. The molecular formula is C22H21N3O7. The molecular weight excluding hydrogens is 418 g/mol. The van der Waals surface area contributed by atoms with Crippen LogP contribution in [0.15, 0.2) is 29.4 Å². The van der Waals surface area contributed by atoms with Crippen LogP contribution in [0.25, 0.3) is 10.4 Å². The molecule has 0 unspecified atom stereocenters. The Morgan fingerprint density at radius 2 is 1.62 bits per heavy atom. The van der Waals surface area contributed by atoms with E-state index in [1.807, 2.05) is 24.3 Å². The average Bonchev–Trinajstić information content (AvgIpc) is 3.43. The minimum absolute atomic E-state index is 0.105. The summed E-state index contributed by atoms with van der Waals surface area (Å²) in [6.45, 7) is 0.274. The third kappa shape index (κ3) is 2.87. The molecule has 0 radical (unpaired) electrons. The zero-order valence-electron chi connectivity index (χ0n) is 17.7. The van der Waals surface area contributed by atoms with Crippen LogP contribution in [0.4, 0.5) is 0 Å². The van der Waals surface area contributed by atoms with Crippen LogP contribution in [-0.4, -0.2) is 40.7 Å². The molecule has 2 aliphatic heterocycles. The minimum Gasteiger partial charge on any atom is -0.493 e. The molecule has 1 aliphatic carbocycles. The van der Waals surface area contributed by atoms with Gasteiger partial charge in [-0.15, -0.1) is 0 Å². The van der Waals surface area contributed by atoms with Gasteiger partial charge in [-0.05, 0) is 46.5 Å². The molecule has 0 N–H and O–H groups in total. The Kier molecular flexibility index (Phi) is 4.86. The Morgan fingerprint density at radius 1 is 0.969 bits per heavy atom. The molecule has 2 heterocycles. The molecule has 166 valence electrons. The van der Waals surface area contributed by atoms with Crippen molar-refractivity contribution in [3.05, 3.63) is 51.4 Å². The van der Waals surface area contributed by atoms with Gasteiger partial charge in [0.05, 0.1) is 39.9 Å². The maximum absolute atomic E-state index is 12.9. The van der Waals surface area contributed by atoms with E-state index in [4.69, 9.17) is 28.4 Å². The Balaban J connectivity index is 1.77. The molecule has 32 heavy (non-hydrogen) atoms. The lowest BCUT2D eigenvalue weighted by Crippen LogP contribution is -2.34. The maximum Gasteiger partial charge on any atom is 0.310 e. The van der Waals surface area contributed by atoms with E-state index in [0.717, 1.165) is 16.7 Å². The average molecular weight is 439 g/mol. The number of ether oxygens (including phenoxy) is 6. The number of esters is 1. The summed E-state index contributed by atoms with van der Waals surface area (Å²) >= 11 is 0. The lowest BCUT2D eigenvalue weighted by Gasteiger charge is -2.37. The highest BCUT2D eigenvalue weighted by Crippen LogP contribution is 2.56. The van der Waals surface area contributed by atoms with Gasteiger partial charge in [0, 0.05) is 16.7 Å². The monoisotopic (exact) mass is 439 g/mol. The van der Waals surface area contributed by atoms with Crippen molar-refractivity contribution in [3.63, 3.8) is 0 Å². The van der Waals surface area contributed by atoms with Crippen LogP contribution < -0.4 is 23.7 Å². The molecule has 1 fully saturated rings. The van der Waals surface area contributed by atoms with E-state index in [0.29, 0.717) is 28.7 Å².